The summed E-state index contributed by atoms with van der Waals surface area (Å²) < 4.78 is 11.9. The fraction of sp³-hybridized carbons (Fsp3) is 0.348. The molecule has 4 aliphatic rings. The van der Waals surface area contributed by atoms with Crippen molar-refractivity contribution in [3.8, 4) is 33.8 Å². The van der Waals surface area contributed by atoms with Crippen molar-refractivity contribution in [2.45, 2.75) is 24.3 Å². The van der Waals surface area contributed by atoms with Gasteiger partial charge in [0.25, 0.3) is 0 Å². The van der Waals surface area contributed by atoms with Gasteiger partial charge in [-0.25, -0.2) is 0 Å². The molecule has 54 heavy (non-hydrogen) atoms. The van der Waals surface area contributed by atoms with Crippen LogP contribution >= 0.6 is 0 Å². The summed E-state index contributed by atoms with van der Waals surface area (Å²) >= 11 is 0. The molecule has 5 aromatic rings. The smallest absolute Gasteiger partial charge is 0.119 e. The zero-order chi connectivity index (χ0) is 36.4. The zero-order valence-corrected chi connectivity index (χ0v) is 30.8. The summed E-state index contributed by atoms with van der Waals surface area (Å²) in [6, 6.07) is 43.2. The van der Waals surface area contributed by atoms with Crippen LogP contribution in [0, 0.1) is 0 Å². The molecule has 9 rings (SSSR count). The van der Waals surface area contributed by atoms with Crippen molar-refractivity contribution in [1.29, 1.82) is 0 Å². The average molecular weight is 723 g/mol. The van der Waals surface area contributed by atoms with Gasteiger partial charge in [0.1, 0.15) is 36.9 Å². The number of β-amino-alcohol motifs (C(OH)–C–C–N with tert-alkyl or cyclic N) is 2. The Labute approximate surface area is 318 Å². The van der Waals surface area contributed by atoms with Gasteiger partial charge >= 0.3 is 0 Å². The first-order chi connectivity index (χ1) is 26.6. The minimum Gasteiger partial charge on any atom is -0.491 e. The van der Waals surface area contributed by atoms with Crippen molar-refractivity contribution in [3.63, 3.8) is 0 Å². The van der Waals surface area contributed by atoms with Crippen molar-refractivity contribution >= 4 is 0 Å². The molecule has 5 aromatic carbocycles. The topological polar surface area (TPSA) is 71.9 Å². The van der Waals surface area contributed by atoms with Crippen molar-refractivity contribution < 1.29 is 19.7 Å². The molecule has 0 spiro atoms. The largest absolute Gasteiger partial charge is 0.491 e. The van der Waals surface area contributed by atoms with E-state index in [0.29, 0.717) is 36.7 Å². The molecule has 0 aromatic heterocycles. The Morgan fingerprint density at radius 1 is 0.426 bits per heavy atom. The van der Waals surface area contributed by atoms with Gasteiger partial charge in [0.05, 0.1) is 12.1 Å². The van der Waals surface area contributed by atoms with E-state index < -0.39 is 12.2 Å². The number of aliphatic hydroxyl groups is 2. The van der Waals surface area contributed by atoms with E-state index in [0.717, 1.165) is 52.4 Å². The minimum atomic E-state index is -0.581. The van der Waals surface area contributed by atoms with E-state index in [-0.39, 0.29) is 13.2 Å². The molecule has 2 N–H and O–H groups in total. The summed E-state index contributed by atoms with van der Waals surface area (Å²) in [6.45, 7) is 9.12. The van der Waals surface area contributed by atoms with Gasteiger partial charge < -0.3 is 19.7 Å². The van der Waals surface area contributed by atoms with Crippen molar-refractivity contribution in [2.24, 2.45) is 0 Å². The summed E-state index contributed by atoms with van der Waals surface area (Å²) in [4.78, 5) is 9.85. The molecular weight excluding hydrogens is 673 g/mol. The third-order valence-electron chi connectivity index (χ3n) is 11.8. The van der Waals surface area contributed by atoms with E-state index in [1.54, 1.807) is 0 Å². The maximum absolute atomic E-state index is 10.8. The molecule has 2 saturated heterocycles. The number of hydrogen-bond acceptors (Lipinski definition) is 8. The van der Waals surface area contributed by atoms with E-state index in [1.165, 1.54) is 44.5 Å². The highest BCUT2D eigenvalue weighted by Gasteiger charge is 2.36. The minimum absolute atomic E-state index is 0.232. The highest BCUT2D eigenvalue weighted by Crippen LogP contribution is 2.47. The monoisotopic (exact) mass is 722 g/mol. The normalized spacial score (nSPS) is 19.1. The van der Waals surface area contributed by atoms with Crippen molar-refractivity contribution in [2.75, 3.05) is 78.7 Å². The second kappa shape index (κ2) is 15.7. The molecule has 0 saturated carbocycles. The number of hydrogen-bond donors (Lipinski definition) is 2. The first-order valence-corrected chi connectivity index (χ1v) is 19.6. The number of piperazine rings is 2. The summed E-state index contributed by atoms with van der Waals surface area (Å²) in [5.41, 5.74) is 11.0. The van der Waals surface area contributed by atoms with Crippen LogP contribution in [0.4, 0.5) is 0 Å². The summed E-state index contributed by atoms with van der Waals surface area (Å²) in [5.74, 6) is 1.38. The maximum atomic E-state index is 10.8. The molecule has 0 bridgehead atoms. The van der Waals surface area contributed by atoms with Gasteiger partial charge in [0.15, 0.2) is 0 Å². The number of rotatable bonds is 12. The lowest BCUT2D eigenvalue weighted by molar-refractivity contribution is 0.0396. The van der Waals surface area contributed by atoms with E-state index in [9.17, 15) is 10.2 Å². The van der Waals surface area contributed by atoms with E-state index in [4.69, 9.17) is 9.47 Å². The maximum Gasteiger partial charge on any atom is 0.119 e. The lowest BCUT2D eigenvalue weighted by atomic mass is 10.0. The number of aliphatic hydroxyl groups excluding tert-OH is 2. The van der Waals surface area contributed by atoms with Crippen LogP contribution in [-0.2, 0) is 0 Å². The summed E-state index contributed by atoms with van der Waals surface area (Å²) in [6.07, 6.45) is -1.16. The van der Waals surface area contributed by atoms with Crippen LogP contribution in [-0.4, -0.2) is 121 Å². The summed E-state index contributed by atoms with van der Waals surface area (Å²) in [5, 5.41) is 21.7. The van der Waals surface area contributed by atoms with Gasteiger partial charge in [0.2, 0.25) is 0 Å². The third kappa shape index (κ3) is 7.18. The van der Waals surface area contributed by atoms with Crippen LogP contribution in [0.25, 0.3) is 22.3 Å². The molecule has 2 heterocycles. The molecule has 8 nitrogen and oxygen atoms in total. The van der Waals surface area contributed by atoms with E-state index >= 15 is 0 Å². The SMILES string of the molecule is O[C@H](COc1ccc(OC[C@@H](O)CN2CCN(C3c4ccccc4-c4ccccc43)CC2)cc1)CN1CCN(C2c3ccccc3-c3ccccc32)CC1. The van der Waals surface area contributed by atoms with Crippen LogP contribution in [0.1, 0.15) is 34.3 Å². The summed E-state index contributed by atoms with van der Waals surface area (Å²) in [7, 11) is 0. The second-order valence-corrected chi connectivity index (χ2v) is 15.2. The molecule has 0 radical (unpaired) electrons. The second-order valence-electron chi connectivity index (χ2n) is 15.2. The fourth-order valence-electron chi connectivity index (χ4n) is 9.17. The Kier molecular flexibility index (Phi) is 10.2. The Morgan fingerprint density at radius 3 is 1.04 bits per heavy atom. The van der Waals surface area contributed by atoms with Crippen LogP contribution in [0.3, 0.4) is 0 Å². The number of ether oxygens (including phenoxy) is 2. The Bertz CT molecular complexity index is 1800. The van der Waals surface area contributed by atoms with E-state index in [1.807, 2.05) is 24.3 Å². The lowest BCUT2D eigenvalue weighted by Gasteiger charge is -2.39. The first kappa shape index (κ1) is 35.2. The highest BCUT2D eigenvalue weighted by atomic mass is 16.5. The van der Waals surface area contributed by atoms with Gasteiger partial charge in [-0.2, -0.15) is 0 Å². The van der Waals surface area contributed by atoms with Gasteiger partial charge in [-0.1, -0.05) is 97.1 Å². The lowest BCUT2D eigenvalue weighted by Crippen LogP contribution is -2.50. The molecule has 2 atom stereocenters. The Balaban J connectivity index is 0.687. The predicted octanol–water partition coefficient (Wildman–Crippen LogP) is 5.94. The van der Waals surface area contributed by atoms with Gasteiger partial charge in [0, 0.05) is 65.4 Å². The first-order valence-electron chi connectivity index (χ1n) is 19.6. The van der Waals surface area contributed by atoms with Crippen molar-refractivity contribution in [3.05, 3.63) is 144 Å². The van der Waals surface area contributed by atoms with Crippen LogP contribution < -0.4 is 9.47 Å². The molecular formula is C46H50N4O4. The van der Waals surface area contributed by atoms with E-state index in [2.05, 4.69) is 117 Å². The molecule has 8 heteroatoms. The highest BCUT2D eigenvalue weighted by molar-refractivity contribution is 5.79. The van der Waals surface area contributed by atoms with Gasteiger partial charge in [-0.15, -0.1) is 0 Å². The molecule has 278 valence electrons. The molecule has 2 aliphatic heterocycles. The number of fused-ring (bicyclic) bond motifs is 6. The molecule has 2 fully saturated rings. The average Bonchev–Trinajstić information content (AvgIpc) is 3.74. The molecule has 2 aliphatic carbocycles. The standard InChI is InChI=1S/C46H50N4O4/c51-33(29-47-21-25-49(26-22-47)45-41-13-5-1-9-37(41)38-10-2-6-14-42(38)45)31-53-35-17-19-36(20-18-35)54-32-34(52)30-48-23-27-50(28-24-48)46-43-15-7-3-11-39(43)40-12-4-8-16-44(40)46/h1-20,33-34,45-46,51-52H,21-32H2/t33-,34-/m0/s1. The van der Waals surface area contributed by atoms with Gasteiger partial charge in [-0.3, -0.25) is 19.6 Å². The van der Waals surface area contributed by atoms with Crippen LogP contribution in [0.15, 0.2) is 121 Å². The van der Waals surface area contributed by atoms with Crippen molar-refractivity contribution in [1.82, 2.24) is 19.6 Å². The van der Waals surface area contributed by atoms with Crippen LogP contribution in [0.2, 0.25) is 0 Å². The quantitative estimate of drug-likeness (QED) is 0.164. The zero-order valence-electron chi connectivity index (χ0n) is 30.8. The fourth-order valence-corrected chi connectivity index (χ4v) is 9.17. The molecule has 0 unspecified atom stereocenters. The third-order valence-corrected chi connectivity index (χ3v) is 11.8. The van der Waals surface area contributed by atoms with Crippen LogP contribution in [0.5, 0.6) is 11.5 Å². The Hall–Kier alpha value is -4.54. The molecule has 0 amide bonds. The number of benzene rings is 5. The number of nitrogens with zero attached hydrogens (tertiary/aromatic N) is 4. The predicted molar refractivity (Wildman–Crippen MR) is 213 cm³/mol. The Morgan fingerprint density at radius 2 is 0.722 bits per heavy atom. The van der Waals surface area contributed by atoms with Gasteiger partial charge in [-0.05, 0) is 68.8 Å².